The standard InChI is InChI=1S/C14H14BrF5O2S2/c1-2-21-11(23)4-3-5-22-12-9(16)6-8(7-10(12)17)24-14(19,20)13(15)18/h6-7,13H,2-5H2,1H3. The smallest absolute Gasteiger partial charge is 0.338 e. The van der Waals surface area contributed by atoms with Crippen molar-refractivity contribution in [2.45, 2.75) is 35.0 Å². The van der Waals surface area contributed by atoms with Crippen LogP contribution in [0.5, 0.6) is 5.75 Å². The zero-order chi connectivity index (χ0) is 18.3. The van der Waals surface area contributed by atoms with Crippen molar-refractivity contribution < 1.29 is 31.4 Å². The number of benzene rings is 1. The third-order valence-corrected chi connectivity index (χ3v) is 4.71. The number of halogens is 6. The summed E-state index contributed by atoms with van der Waals surface area (Å²) in [5, 5.41) is -6.14. The Balaban J connectivity index is 2.66. The second kappa shape index (κ2) is 9.76. The van der Waals surface area contributed by atoms with Gasteiger partial charge in [-0.1, -0.05) is 0 Å². The lowest BCUT2D eigenvalue weighted by atomic mass is 10.3. The maximum absolute atomic E-state index is 13.8. The van der Waals surface area contributed by atoms with Crippen molar-refractivity contribution in [2.24, 2.45) is 0 Å². The van der Waals surface area contributed by atoms with Gasteiger partial charge in [-0.2, -0.15) is 8.78 Å². The molecule has 0 aliphatic rings. The number of hydrogen-bond acceptors (Lipinski definition) is 4. The Hall–Kier alpha value is -0.610. The fourth-order valence-corrected chi connectivity index (χ4v) is 2.83. The van der Waals surface area contributed by atoms with Crippen LogP contribution in [0.25, 0.3) is 0 Å². The average Bonchev–Trinajstić information content (AvgIpc) is 2.45. The molecular formula is C14H14BrF5O2S2. The summed E-state index contributed by atoms with van der Waals surface area (Å²) >= 11 is 6.69. The molecule has 0 heterocycles. The second-order valence-corrected chi connectivity index (χ2v) is 6.92. The number of thioether (sulfide) groups is 1. The van der Waals surface area contributed by atoms with E-state index in [9.17, 15) is 22.0 Å². The molecule has 1 aromatic carbocycles. The lowest BCUT2D eigenvalue weighted by Gasteiger charge is -2.16. The molecule has 0 saturated carbocycles. The van der Waals surface area contributed by atoms with Gasteiger partial charge in [-0.05, 0) is 65.4 Å². The first kappa shape index (κ1) is 21.4. The first-order valence-corrected chi connectivity index (χ1v) is 8.93. The monoisotopic (exact) mass is 452 g/mol. The molecule has 24 heavy (non-hydrogen) atoms. The number of thiocarbonyl (C=S) groups is 1. The highest BCUT2D eigenvalue weighted by Crippen LogP contribution is 2.43. The molecule has 0 aromatic heterocycles. The van der Waals surface area contributed by atoms with E-state index >= 15 is 0 Å². The quantitative estimate of drug-likeness (QED) is 0.153. The van der Waals surface area contributed by atoms with E-state index < -0.39 is 32.6 Å². The first-order chi connectivity index (χ1) is 11.2. The molecule has 1 aromatic rings. The second-order valence-electron chi connectivity index (χ2n) is 4.44. The van der Waals surface area contributed by atoms with Gasteiger partial charge in [0, 0.05) is 11.3 Å². The normalized spacial score (nSPS) is 12.8. The van der Waals surface area contributed by atoms with E-state index in [1.54, 1.807) is 6.92 Å². The van der Waals surface area contributed by atoms with Gasteiger partial charge in [-0.15, -0.1) is 0 Å². The molecule has 2 nitrogen and oxygen atoms in total. The highest BCUT2D eigenvalue weighted by atomic mass is 79.9. The molecule has 0 saturated heterocycles. The lowest BCUT2D eigenvalue weighted by molar-refractivity contribution is 0.0603. The van der Waals surface area contributed by atoms with Crippen LogP contribution in [0.2, 0.25) is 0 Å². The molecule has 0 aliphatic heterocycles. The van der Waals surface area contributed by atoms with Crippen molar-refractivity contribution in [3.8, 4) is 5.75 Å². The largest absolute Gasteiger partial charge is 0.488 e. The molecule has 0 amide bonds. The molecular weight excluding hydrogens is 439 g/mol. The minimum atomic E-state index is -3.86. The highest BCUT2D eigenvalue weighted by molar-refractivity contribution is 9.09. The summed E-state index contributed by atoms with van der Waals surface area (Å²) in [6, 6.07) is 1.33. The number of alkyl halides is 4. The number of rotatable bonds is 9. The number of ether oxygens (including phenoxy) is 2. The Labute approximate surface area is 154 Å². The van der Waals surface area contributed by atoms with Gasteiger partial charge in [0.25, 0.3) is 0 Å². The van der Waals surface area contributed by atoms with E-state index in [1.165, 1.54) is 0 Å². The molecule has 0 radical (unpaired) electrons. The summed E-state index contributed by atoms with van der Waals surface area (Å²) in [5.74, 6) is -2.98. The predicted molar refractivity (Wildman–Crippen MR) is 89.9 cm³/mol. The highest BCUT2D eigenvalue weighted by Gasteiger charge is 2.40. The van der Waals surface area contributed by atoms with E-state index in [4.69, 9.17) is 21.7 Å². The van der Waals surface area contributed by atoms with Gasteiger partial charge in [0.15, 0.2) is 22.4 Å². The summed E-state index contributed by atoms with van der Waals surface area (Å²) in [4.78, 5) is -0.457. The molecule has 1 atom stereocenters. The van der Waals surface area contributed by atoms with E-state index in [0.29, 0.717) is 36.6 Å². The Morgan fingerprint density at radius 2 is 1.92 bits per heavy atom. The Bertz CT molecular complexity index is 549. The summed E-state index contributed by atoms with van der Waals surface area (Å²) in [7, 11) is 0. The topological polar surface area (TPSA) is 18.5 Å². The molecule has 136 valence electrons. The summed E-state index contributed by atoms with van der Waals surface area (Å²) in [6.07, 6.45) is 0.759. The third kappa shape index (κ3) is 6.72. The van der Waals surface area contributed by atoms with Crippen LogP contribution in [0.4, 0.5) is 22.0 Å². The lowest BCUT2D eigenvalue weighted by Crippen LogP contribution is -2.20. The van der Waals surface area contributed by atoms with Crippen molar-refractivity contribution in [3.63, 3.8) is 0 Å². The molecule has 1 unspecified atom stereocenters. The minimum Gasteiger partial charge on any atom is -0.488 e. The van der Waals surface area contributed by atoms with Crippen molar-refractivity contribution in [2.75, 3.05) is 13.2 Å². The van der Waals surface area contributed by atoms with Crippen LogP contribution < -0.4 is 4.74 Å². The van der Waals surface area contributed by atoms with Crippen molar-refractivity contribution >= 4 is 45.0 Å². The van der Waals surface area contributed by atoms with Crippen LogP contribution in [0.15, 0.2) is 17.0 Å². The molecule has 0 bridgehead atoms. The van der Waals surface area contributed by atoms with E-state index in [0.717, 1.165) is 0 Å². The minimum absolute atomic E-state index is 0.0301. The SMILES string of the molecule is CCOC(=S)CCCOc1c(F)cc(SC(F)(F)C(F)Br)cc1F. The van der Waals surface area contributed by atoms with Gasteiger partial charge in [-0.3, -0.25) is 0 Å². The average molecular weight is 453 g/mol. The first-order valence-electron chi connectivity index (χ1n) is 6.79. The van der Waals surface area contributed by atoms with Gasteiger partial charge in [0.1, 0.15) is 0 Å². The molecule has 0 aliphatic carbocycles. The zero-order valence-corrected chi connectivity index (χ0v) is 15.7. The Morgan fingerprint density at radius 1 is 1.33 bits per heavy atom. The maximum atomic E-state index is 13.8. The molecule has 0 fully saturated rings. The van der Waals surface area contributed by atoms with Crippen LogP contribution in [0, 0.1) is 11.6 Å². The van der Waals surface area contributed by atoms with Gasteiger partial charge in [-0.25, -0.2) is 13.2 Å². The Kier molecular flexibility index (Phi) is 8.72. The summed E-state index contributed by atoms with van der Waals surface area (Å²) in [6.45, 7) is 2.18. The van der Waals surface area contributed by atoms with Crippen molar-refractivity contribution in [1.29, 1.82) is 0 Å². The third-order valence-electron chi connectivity index (χ3n) is 2.56. The van der Waals surface area contributed by atoms with Crippen LogP contribution in [-0.2, 0) is 4.74 Å². The van der Waals surface area contributed by atoms with E-state index in [2.05, 4.69) is 15.9 Å². The maximum Gasteiger partial charge on any atom is 0.338 e. The molecule has 10 heteroatoms. The molecule has 1 rings (SSSR count). The van der Waals surface area contributed by atoms with Gasteiger partial charge < -0.3 is 9.47 Å². The van der Waals surface area contributed by atoms with Crippen LogP contribution >= 0.6 is 39.9 Å². The summed E-state index contributed by atoms with van der Waals surface area (Å²) < 4.78 is 76.8. The van der Waals surface area contributed by atoms with Crippen LogP contribution in [0.1, 0.15) is 19.8 Å². The Morgan fingerprint density at radius 3 is 2.42 bits per heavy atom. The summed E-state index contributed by atoms with van der Waals surface area (Å²) in [5.41, 5.74) is 0. The van der Waals surface area contributed by atoms with Crippen LogP contribution in [-0.4, -0.2) is 28.6 Å². The van der Waals surface area contributed by atoms with Gasteiger partial charge >= 0.3 is 5.25 Å². The zero-order valence-electron chi connectivity index (χ0n) is 12.5. The van der Waals surface area contributed by atoms with Crippen LogP contribution in [0.3, 0.4) is 0 Å². The van der Waals surface area contributed by atoms with Gasteiger partial charge in [0.2, 0.25) is 5.08 Å². The fraction of sp³-hybridized carbons (Fsp3) is 0.500. The van der Waals surface area contributed by atoms with E-state index in [1.807, 2.05) is 0 Å². The van der Waals surface area contributed by atoms with Crippen molar-refractivity contribution in [1.82, 2.24) is 0 Å². The number of hydrogen-bond donors (Lipinski definition) is 0. The van der Waals surface area contributed by atoms with Crippen molar-refractivity contribution in [3.05, 3.63) is 23.8 Å². The van der Waals surface area contributed by atoms with E-state index in [-0.39, 0.29) is 18.4 Å². The van der Waals surface area contributed by atoms with Gasteiger partial charge in [0.05, 0.1) is 13.2 Å². The fourth-order valence-electron chi connectivity index (χ4n) is 1.56. The molecule has 0 N–H and O–H groups in total. The molecule has 0 spiro atoms. The predicted octanol–water partition coefficient (Wildman–Crippen LogP) is 5.86.